The molecule has 148 valence electrons. The number of imidazole rings is 1. The van der Waals surface area contributed by atoms with Crippen molar-refractivity contribution in [2.45, 2.75) is 24.9 Å². The number of hydrogen-bond acceptors (Lipinski definition) is 10. The molecule has 0 aliphatic carbocycles. The van der Waals surface area contributed by atoms with Crippen LogP contribution < -0.4 is 4.90 Å². The number of nitrogens with zero attached hydrogens (tertiary/aromatic N) is 9. The molecule has 1 fully saturated rings. The van der Waals surface area contributed by atoms with Crippen molar-refractivity contribution in [2.24, 2.45) is 20.0 Å². The van der Waals surface area contributed by atoms with Gasteiger partial charge in [-0.3, -0.25) is 9.47 Å². The van der Waals surface area contributed by atoms with Gasteiger partial charge in [0.05, 0.1) is 18.9 Å². The number of hydrogen-bond donors (Lipinski definition) is 2. The van der Waals surface area contributed by atoms with Gasteiger partial charge in [0.15, 0.2) is 23.0 Å². The van der Waals surface area contributed by atoms with Crippen LogP contribution in [0.4, 0.5) is 5.95 Å². The maximum absolute atomic E-state index is 10.2. The molecule has 0 radical (unpaired) electrons. The Morgan fingerprint density at radius 3 is 3.03 bits per heavy atom. The second-order valence-corrected chi connectivity index (χ2v) is 6.93. The third-order valence-electron chi connectivity index (χ3n) is 4.82. The number of fused-ring (bicyclic) bond motifs is 2. The van der Waals surface area contributed by atoms with E-state index in [4.69, 9.17) is 17.0 Å². The van der Waals surface area contributed by atoms with Crippen LogP contribution in [0.15, 0.2) is 32.5 Å². The number of aromatic nitrogens is 4. The molecule has 3 aliphatic heterocycles. The number of aliphatic hydroxyl groups is 2. The first-order valence-corrected chi connectivity index (χ1v) is 9.16. The van der Waals surface area contributed by atoms with Crippen LogP contribution in [0, 0.1) is 0 Å². The van der Waals surface area contributed by atoms with E-state index in [-0.39, 0.29) is 18.1 Å². The van der Waals surface area contributed by atoms with Crippen LogP contribution in [0.1, 0.15) is 12.6 Å². The van der Waals surface area contributed by atoms with E-state index in [9.17, 15) is 10.2 Å². The number of thiocarbonyl (C=S) groups is 1. The second kappa shape index (κ2) is 6.81. The highest BCUT2D eigenvalue weighted by molar-refractivity contribution is 7.80. The molecule has 5 rings (SSSR count). The zero-order chi connectivity index (χ0) is 20.1. The fraction of sp³-hybridized carbons (Fsp3) is 0.375. The summed E-state index contributed by atoms with van der Waals surface area (Å²) in [6, 6.07) is 0. The van der Waals surface area contributed by atoms with E-state index in [0.717, 1.165) is 0 Å². The number of aliphatic imine (C=N–C) groups is 4. The van der Waals surface area contributed by atoms with Crippen molar-refractivity contribution in [3.05, 3.63) is 12.5 Å². The minimum Gasteiger partial charge on any atom is -0.394 e. The molecule has 0 aromatic carbocycles. The van der Waals surface area contributed by atoms with Crippen LogP contribution in [0.5, 0.6) is 0 Å². The average Bonchev–Trinajstić information content (AvgIpc) is 3.42. The van der Waals surface area contributed by atoms with E-state index in [1.54, 1.807) is 22.7 Å². The summed E-state index contributed by atoms with van der Waals surface area (Å²) in [4.78, 5) is 31.5. The summed E-state index contributed by atoms with van der Waals surface area (Å²) in [5.74, 6) is 1.26. The molecule has 0 spiro atoms. The highest BCUT2D eigenvalue weighted by atomic mass is 32.1. The van der Waals surface area contributed by atoms with Crippen molar-refractivity contribution in [3.63, 3.8) is 0 Å². The number of ether oxygens (including phenoxy) is 1. The maximum atomic E-state index is 10.2. The smallest absolute Gasteiger partial charge is 0.223 e. The Labute approximate surface area is 169 Å². The molecule has 0 saturated carbocycles. The summed E-state index contributed by atoms with van der Waals surface area (Å²) >= 11 is 5.16. The molecule has 0 unspecified atom stereocenters. The average molecular weight is 413 g/mol. The number of amidine groups is 2. The third-order valence-corrected chi connectivity index (χ3v) is 5.00. The van der Waals surface area contributed by atoms with E-state index in [0.29, 0.717) is 34.5 Å². The van der Waals surface area contributed by atoms with Crippen LogP contribution in [-0.4, -0.2) is 84.4 Å². The fourth-order valence-corrected chi connectivity index (χ4v) is 3.64. The lowest BCUT2D eigenvalue weighted by Crippen LogP contribution is -2.40. The summed E-state index contributed by atoms with van der Waals surface area (Å²) in [6.07, 6.45) is 2.56. The number of aliphatic hydroxyl groups excluding tert-OH is 2. The summed E-state index contributed by atoms with van der Waals surface area (Å²) in [5, 5.41) is 19.8. The Morgan fingerprint density at radius 2 is 2.24 bits per heavy atom. The summed E-state index contributed by atoms with van der Waals surface area (Å²) in [6.45, 7) is -0.292. The van der Waals surface area contributed by atoms with E-state index < -0.39 is 18.4 Å². The van der Waals surface area contributed by atoms with Crippen LogP contribution in [0.25, 0.3) is 11.2 Å². The van der Waals surface area contributed by atoms with Crippen LogP contribution >= 0.6 is 12.2 Å². The lowest BCUT2D eigenvalue weighted by atomic mass is 10.2. The molecule has 5 heterocycles. The Bertz CT molecular complexity index is 1140. The molecule has 12 nitrogen and oxygen atoms in total. The Morgan fingerprint density at radius 1 is 1.38 bits per heavy atom. The fourth-order valence-electron chi connectivity index (χ4n) is 3.46. The lowest BCUT2D eigenvalue weighted by Gasteiger charge is -2.25. The standard InChI is InChI=1S/C16H15N9O3S/c1-24(14-11-12(19-6-18-11)22-15(29)23-14)16-21-7-3-17-5-20-13(7)25(16)10-2-8(27)9(4-26)28-10/h3,5-6,8-10,26-27H,2,4H2,1H3/t8-,9+,10-/m1/s1. The molecular formula is C16H15N9O3S. The van der Waals surface area contributed by atoms with Gasteiger partial charge in [-0.05, 0) is 12.2 Å². The molecule has 29 heavy (non-hydrogen) atoms. The van der Waals surface area contributed by atoms with Crippen molar-refractivity contribution in [2.75, 3.05) is 18.6 Å². The largest absolute Gasteiger partial charge is 0.394 e. The predicted molar refractivity (Wildman–Crippen MR) is 109 cm³/mol. The normalized spacial score (nSPS) is 25.8. The van der Waals surface area contributed by atoms with Gasteiger partial charge in [-0.2, -0.15) is 9.98 Å². The molecule has 2 aromatic heterocycles. The monoisotopic (exact) mass is 413 g/mol. The molecular weight excluding hydrogens is 398 g/mol. The molecule has 0 amide bonds. The van der Waals surface area contributed by atoms with Gasteiger partial charge in [0.25, 0.3) is 0 Å². The van der Waals surface area contributed by atoms with Crippen LogP contribution in [0.2, 0.25) is 0 Å². The molecule has 0 bridgehead atoms. The number of anilines is 1. The maximum Gasteiger partial charge on any atom is 0.223 e. The lowest BCUT2D eigenvalue weighted by molar-refractivity contribution is -0.0426. The van der Waals surface area contributed by atoms with Crippen molar-refractivity contribution in [3.8, 4) is 0 Å². The van der Waals surface area contributed by atoms with E-state index in [1.807, 2.05) is 0 Å². The third kappa shape index (κ3) is 2.86. The van der Waals surface area contributed by atoms with Gasteiger partial charge < -0.3 is 14.9 Å². The number of rotatable bonds is 3. The van der Waals surface area contributed by atoms with Gasteiger partial charge in [0, 0.05) is 13.5 Å². The van der Waals surface area contributed by atoms with Gasteiger partial charge >= 0.3 is 0 Å². The van der Waals surface area contributed by atoms with Crippen molar-refractivity contribution in [1.29, 1.82) is 0 Å². The molecule has 3 atom stereocenters. The molecule has 13 heteroatoms. The highest BCUT2D eigenvalue weighted by Gasteiger charge is 2.38. The van der Waals surface area contributed by atoms with Crippen LogP contribution in [-0.2, 0) is 4.74 Å². The van der Waals surface area contributed by atoms with Crippen molar-refractivity contribution >= 4 is 58.2 Å². The zero-order valence-electron chi connectivity index (χ0n) is 15.1. The van der Waals surface area contributed by atoms with Gasteiger partial charge in [-0.1, -0.05) is 0 Å². The molecule has 3 aliphatic rings. The molecule has 1 saturated heterocycles. The summed E-state index contributed by atoms with van der Waals surface area (Å²) in [5.41, 5.74) is 1.54. The molecule has 2 N–H and O–H groups in total. The van der Waals surface area contributed by atoms with Crippen LogP contribution in [0.3, 0.4) is 0 Å². The minimum absolute atomic E-state index is 0.134. The highest BCUT2D eigenvalue weighted by Crippen LogP contribution is 2.35. The van der Waals surface area contributed by atoms with E-state index >= 15 is 0 Å². The second-order valence-electron chi connectivity index (χ2n) is 6.56. The predicted octanol–water partition coefficient (Wildman–Crippen LogP) is -0.518. The first kappa shape index (κ1) is 18.1. The SMILES string of the molecule is CN(C1=NC(=S)N=C2N=CN=C21)c1nc2cncnc2n1[C@H]1C[C@@H](O)[C@H](CO)O1. The Balaban J connectivity index is 1.61. The zero-order valence-corrected chi connectivity index (χ0v) is 15.9. The van der Waals surface area contributed by atoms with Gasteiger partial charge in [0.1, 0.15) is 30.5 Å². The minimum atomic E-state index is -0.812. The van der Waals surface area contributed by atoms with Crippen molar-refractivity contribution in [1.82, 2.24) is 19.5 Å². The Hall–Kier alpha value is -3.00. The van der Waals surface area contributed by atoms with Gasteiger partial charge in [0.2, 0.25) is 11.1 Å². The van der Waals surface area contributed by atoms with E-state index in [1.165, 1.54) is 12.7 Å². The van der Waals surface area contributed by atoms with Gasteiger partial charge in [-0.15, -0.1) is 0 Å². The van der Waals surface area contributed by atoms with Crippen molar-refractivity contribution < 1.29 is 14.9 Å². The first-order chi connectivity index (χ1) is 14.1. The molecule has 2 aromatic rings. The van der Waals surface area contributed by atoms with E-state index in [2.05, 4.69) is 34.9 Å². The summed E-state index contributed by atoms with van der Waals surface area (Å²) < 4.78 is 7.59. The van der Waals surface area contributed by atoms with Gasteiger partial charge in [-0.25, -0.2) is 24.9 Å². The summed E-state index contributed by atoms with van der Waals surface area (Å²) in [7, 11) is 1.76. The quantitative estimate of drug-likeness (QED) is 0.639. The Kier molecular flexibility index (Phi) is 4.24. The topological polar surface area (TPSA) is 146 Å². The first-order valence-electron chi connectivity index (χ1n) is 8.75.